The molecule has 0 atom stereocenters. The lowest BCUT2D eigenvalue weighted by atomic mass is 9.92. The molecule has 1 aromatic carbocycles. The summed E-state index contributed by atoms with van der Waals surface area (Å²) in [5.74, 6) is -0.245. The SMILES string of the molecule is CN(c1ccc2c(c1)S(=O)(=O)N/C(=c1\c(=O)c3cccn3n(CCC(C)(C)C)c1=O)N2)S(C)(=O)=O. The standard InChI is InChI=1S/C22H27N5O6S2/c1-22(2,3)10-12-27-21(29)18(19(28)16-7-6-11-26(16)27)20-23-15-9-8-14(25(4)34(5,30)31)13-17(15)35(32,33)24-20/h6-9,11,13,23-24H,10,12H2,1-5H3/b20-18+. The summed E-state index contributed by atoms with van der Waals surface area (Å²) >= 11 is 0. The Labute approximate surface area is 202 Å². The van der Waals surface area contributed by atoms with Crippen LogP contribution in [0, 0.1) is 5.41 Å². The van der Waals surface area contributed by atoms with Gasteiger partial charge in [-0.3, -0.25) is 23.1 Å². The summed E-state index contributed by atoms with van der Waals surface area (Å²) in [6.07, 6.45) is 3.26. The van der Waals surface area contributed by atoms with Gasteiger partial charge in [0.2, 0.25) is 15.5 Å². The minimum Gasteiger partial charge on any atom is -0.339 e. The van der Waals surface area contributed by atoms with Gasteiger partial charge in [-0.25, -0.2) is 21.5 Å². The second kappa shape index (κ2) is 8.12. The summed E-state index contributed by atoms with van der Waals surface area (Å²) in [7, 11) is -6.54. The maximum absolute atomic E-state index is 13.5. The van der Waals surface area contributed by atoms with Crippen molar-refractivity contribution in [3.05, 3.63) is 62.3 Å². The number of hydrogen-bond donors (Lipinski definition) is 2. The van der Waals surface area contributed by atoms with E-state index < -0.39 is 31.0 Å². The highest BCUT2D eigenvalue weighted by Crippen LogP contribution is 2.31. The predicted molar refractivity (Wildman–Crippen MR) is 134 cm³/mol. The lowest BCUT2D eigenvalue weighted by Crippen LogP contribution is -2.53. The molecule has 0 saturated heterocycles. The van der Waals surface area contributed by atoms with Crippen LogP contribution in [-0.4, -0.2) is 39.3 Å². The van der Waals surface area contributed by atoms with E-state index >= 15 is 0 Å². The second-order valence-electron chi connectivity index (χ2n) is 9.70. The van der Waals surface area contributed by atoms with Crippen molar-refractivity contribution in [1.29, 1.82) is 0 Å². The van der Waals surface area contributed by atoms with E-state index in [4.69, 9.17) is 0 Å². The van der Waals surface area contributed by atoms with Crippen LogP contribution in [-0.2, 0) is 26.6 Å². The molecule has 0 spiro atoms. The van der Waals surface area contributed by atoms with E-state index in [9.17, 15) is 26.4 Å². The number of nitrogens with zero attached hydrogens (tertiary/aromatic N) is 3. The summed E-state index contributed by atoms with van der Waals surface area (Å²) in [5.41, 5.74) is -0.842. The number of fused-ring (bicyclic) bond motifs is 2. The summed E-state index contributed by atoms with van der Waals surface area (Å²) in [6, 6.07) is 7.24. The van der Waals surface area contributed by atoms with Gasteiger partial charge in [-0.15, -0.1) is 0 Å². The first-order valence-electron chi connectivity index (χ1n) is 10.8. The van der Waals surface area contributed by atoms with Gasteiger partial charge >= 0.3 is 0 Å². The molecule has 3 heterocycles. The van der Waals surface area contributed by atoms with Gasteiger partial charge in [0.15, 0.2) is 0 Å². The highest BCUT2D eigenvalue weighted by atomic mass is 32.2. The molecule has 2 N–H and O–H groups in total. The molecule has 2 aromatic heterocycles. The molecule has 1 aliphatic heterocycles. The van der Waals surface area contributed by atoms with Crippen LogP contribution in [0.5, 0.6) is 0 Å². The third-order valence-corrected chi connectivity index (χ3v) is 8.43. The van der Waals surface area contributed by atoms with Crippen LogP contribution in [0.15, 0.2) is 51.0 Å². The van der Waals surface area contributed by atoms with Crippen molar-refractivity contribution < 1.29 is 16.8 Å². The molecule has 0 fully saturated rings. The van der Waals surface area contributed by atoms with E-state index in [0.29, 0.717) is 13.0 Å². The molecule has 188 valence electrons. The number of nitrogens with one attached hydrogen (secondary N) is 2. The minimum absolute atomic E-state index is 0.0805. The number of aromatic nitrogens is 2. The monoisotopic (exact) mass is 521 g/mol. The molecule has 4 rings (SSSR count). The van der Waals surface area contributed by atoms with Crippen molar-refractivity contribution in [2.24, 2.45) is 5.41 Å². The van der Waals surface area contributed by atoms with Gasteiger partial charge in [-0.1, -0.05) is 20.8 Å². The summed E-state index contributed by atoms with van der Waals surface area (Å²) in [5, 5.41) is 2.53. The third-order valence-electron chi connectivity index (χ3n) is 5.83. The van der Waals surface area contributed by atoms with E-state index in [0.717, 1.165) is 10.6 Å². The minimum atomic E-state index is -4.23. The van der Waals surface area contributed by atoms with Gasteiger partial charge < -0.3 is 5.32 Å². The Morgan fingerprint density at radius 1 is 1.11 bits per heavy atom. The molecule has 0 amide bonds. The van der Waals surface area contributed by atoms with Crippen LogP contribution in [0.2, 0.25) is 0 Å². The van der Waals surface area contributed by atoms with Crippen LogP contribution in [0.4, 0.5) is 11.4 Å². The highest BCUT2D eigenvalue weighted by molar-refractivity contribution is 7.92. The molecule has 0 radical (unpaired) electrons. The maximum Gasteiger partial charge on any atom is 0.280 e. The zero-order valence-corrected chi connectivity index (χ0v) is 21.6. The first-order valence-corrected chi connectivity index (χ1v) is 14.1. The average Bonchev–Trinajstić information content (AvgIpc) is 3.21. The lowest BCUT2D eigenvalue weighted by molar-refractivity contribution is 0.331. The zero-order valence-electron chi connectivity index (χ0n) is 20.0. The Morgan fingerprint density at radius 3 is 2.43 bits per heavy atom. The smallest absolute Gasteiger partial charge is 0.280 e. The maximum atomic E-state index is 13.5. The van der Waals surface area contributed by atoms with Crippen LogP contribution in [0.25, 0.3) is 11.3 Å². The first kappa shape index (κ1) is 24.8. The van der Waals surface area contributed by atoms with Gasteiger partial charge in [0.05, 0.1) is 17.6 Å². The molecular weight excluding hydrogens is 494 g/mol. The molecule has 0 saturated carbocycles. The van der Waals surface area contributed by atoms with E-state index in [1.54, 1.807) is 18.3 Å². The number of aryl methyl sites for hydroxylation is 1. The number of rotatable bonds is 4. The quantitative estimate of drug-likeness (QED) is 0.509. The largest absolute Gasteiger partial charge is 0.339 e. The van der Waals surface area contributed by atoms with E-state index in [1.807, 2.05) is 20.8 Å². The first-order chi connectivity index (χ1) is 16.1. The van der Waals surface area contributed by atoms with Gasteiger partial charge in [0.25, 0.3) is 15.6 Å². The van der Waals surface area contributed by atoms with Crippen LogP contribution in [0.1, 0.15) is 27.2 Å². The van der Waals surface area contributed by atoms with Gasteiger partial charge in [0.1, 0.15) is 21.5 Å². The molecular formula is C22H27N5O6S2. The molecule has 1 aliphatic rings. The Bertz CT molecular complexity index is 1730. The number of sulfonamides is 2. The predicted octanol–water partition coefficient (Wildman–Crippen LogP) is 0.482. The van der Waals surface area contributed by atoms with Crippen molar-refractivity contribution in [2.75, 3.05) is 22.9 Å². The number of anilines is 2. The van der Waals surface area contributed by atoms with Gasteiger partial charge in [0, 0.05) is 19.8 Å². The number of benzene rings is 1. The van der Waals surface area contributed by atoms with E-state index in [1.165, 1.54) is 34.4 Å². The van der Waals surface area contributed by atoms with Gasteiger partial charge in [-0.2, -0.15) is 0 Å². The third kappa shape index (κ3) is 4.52. The summed E-state index contributed by atoms with van der Waals surface area (Å²) < 4.78 is 56.1. The second-order valence-corrected chi connectivity index (χ2v) is 13.4. The van der Waals surface area contributed by atoms with E-state index in [-0.39, 0.29) is 38.2 Å². The van der Waals surface area contributed by atoms with E-state index in [2.05, 4.69) is 10.0 Å². The van der Waals surface area contributed by atoms with Gasteiger partial charge in [-0.05, 0) is 42.2 Å². The Hall–Kier alpha value is -3.32. The van der Waals surface area contributed by atoms with Crippen LogP contribution in [0.3, 0.4) is 0 Å². The van der Waals surface area contributed by atoms with Crippen molar-refractivity contribution in [2.45, 2.75) is 38.6 Å². The number of hydrogen-bond acceptors (Lipinski definition) is 7. The molecule has 35 heavy (non-hydrogen) atoms. The Morgan fingerprint density at radius 2 is 1.80 bits per heavy atom. The normalized spacial score (nSPS) is 16.9. The van der Waals surface area contributed by atoms with Crippen molar-refractivity contribution in [1.82, 2.24) is 13.9 Å². The average molecular weight is 522 g/mol. The van der Waals surface area contributed by atoms with Crippen LogP contribution >= 0.6 is 0 Å². The molecule has 0 bridgehead atoms. The fourth-order valence-corrected chi connectivity index (χ4v) is 5.49. The van der Waals surface area contributed by atoms with Crippen molar-refractivity contribution >= 4 is 42.8 Å². The fraction of sp³-hybridized carbons (Fsp3) is 0.364. The van der Waals surface area contributed by atoms with Crippen molar-refractivity contribution in [3.8, 4) is 0 Å². The molecule has 3 aromatic rings. The molecule has 0 aliphatic carbocycles. The highest BCUT2D eigenvalue weighted by Gasteiger charge is 2.29. The lowest BCUT2D eigenvalue weighted by Gasteiger charge is -2.25. The fourth-order valence-electron chi connectivity index (χ4n) is 3.77. The topological polar surface area (TPSA) is 139 Å². The van der Waals surface area contributed by atoms with Crippen molar-refractivity contribution in [3.63, 3.8) is 0 Å². The molecule has 13 heteroatoms. The Kier molecular flexibility index (Phi) is 5.75. The van der Waals surface area contributed by atoms with Crippen LogP contribution < -0.4 is 30.6 Å². The zero-order chi connectivity index (χ0) is 25.9. The Balaban J connectivity index is 1.94. The summed E-state index contributed by atoms with van der Waals surface area (Å²) in [6.45, 7) is 6.42. The summed E-state index contributed by atoms with van der Waals surface area (Å²) in [4.78, 5) is 26.5. The molecule has 11 nitrogen and oxygen atoms in total. The molecule has 0 unspecified atom stereocenters.